The van der Waals surface area contributed by atoms with Gasteiger partial charge in [-0.2, -0.15) is 0 Å². The molecule has 0 aliphatic rings. The van der Waals surface area contributed by atoms with Crippen LogP contribution in [0.2, 0.25) is 0 Å². The molecule has 144 valence electrons. The van der Waals surface area contributed by atoms with Gasteiger partial charge < -0.3 is 0 Å². The van der Waals surface area contributed by atoms with Gasteiger partial charge >= 0.3 is 5.00 Å². The molecule has 2 aromatic heterocycles. The van der Waals surface area contributed by atoms with Gasteiger partial charge in [-0.3, -0.25) is 24.3 Å². The number of carbonyl (C=O) groups is 1. The first-order valence-corrected chi connectivity index (χ1v) is 9.09. The molecule has 6 nitrogen and oxygen atoms in total. The summed E-state index contributed by atoms with van der Waals surface area (Å²) >= 11 is 0.518. The number of para-hydroxylation sites is 1. The molecule has 4 aromatic rings. The first-order chi connectivity index (χ1) is 13.9. The molecule has 0 saturated carbocycles. The molecular weight excluding hydrogens is 402 g/mol. The molecule has 2 aromatic carbocycles. The second-order valence-corrected chi connectivity index (χ2v) is 7.01. The fourth-order valence-electron chi connectivity index (χ4n) is 3.07. The predicted octanol–water partition coefficient (Wildman–Crippen LogP) is 4.47. The molecule has 0 atom stereocenters. The van der Waals surface area contributed by atoms with Crippen molar-refractivity contribution in [1.82, 2.24) is 4.57 Å². The minimum atomic E-state index is -1.01. The van der Waals surface area contributed by atoms with E-state index in [0.717, 1.165) is 28.8 Å². The van der Waals surface area contributed by atoms with Crippen molar-refractivity contribution >= 4 is 32.3 Å². The van der Waals surface area contributed by atoms with Crippen LogP contribution in [0.15, 0.2) is 65.5 Å². The summed E-state index contributed by atoms with van der Waals surface area (Å²) in [7, 11) is 0. The third kappa shape index (κ3) is 3.01. The number of hydrogen-bond donors (Lipinski definition) is 0. The van der Waals surface area contributed by atoms with Gasteiger partial charge in [-0.15, -0.1) is 0 Å². The topological polar surface area (TPSA) is 82.2 Å². The Morgan fingerprint density at radius 2 is 1.62 bits per heavy atom. The number of nitrogens with zero attached hydrogens (tertiary/aromatic N) is 2. The van der Waals surface area contributed by atoms with Crippen LogP contribution in [0.1, 0.15) is 15.9 Å². The molecular formula is C20H10F2N2O4S. The maximum Gasteiger partial charge on any atom is 0.337 e. The van der Waals surface area contributed by atoms with Gasteiger partial charge in [0.15, 0.2) is 0 Å². The summed E-state index contributed by atoms with van der Waals surface area (Å²) in [5.74, 6) is -2.64. The standard InChI is InChI=1S/C20H10F2N2O4S/c21-13-7-4-8-14(22)17(13)23-15(25)10-9-12-16(20(24(27)28)29-19(12)23)18(26)11-5-2-1-3-6-11/h1-10H. The van der Waals surface area contributed by atoms with Crippen LogP contribution in [0.25, 0.3) is 15.9 Å². The maximum atomic E-state index is 14.3. The molecule has 2 heterocycles. The zero-order valence-corrected chi connectivity index (χ0v) is 15.3. The molecule has 4 rings (SSSR count). The molecule has 0 aliphatic heterocycles. The number of aromatic nitrogens is 1. The highest BCUT2D eigenvalue weighted by molar-refractivity contribution is 7.22. The van der Waals surface area contributed by atoms with Crippen LogP contribution in [-0.2, 0) is 0 Å². The van der Waals surface area contributed by atoms with Crippen LogP contribution in [-0.4, -0.2) is 15.3 Å². The Morgan fingerprint density at radius 1 is 0.966 bits per heavy atom. The number of benzene rings is 2. The van der Waals surface area contributed by atoms with Crippen molar-refractivity contribution in [2.45, 2.75) is 0 Å². The average Bonchev–Trinajstić information content (AvgIpc) is 3.09. The zero-order chi connectivity index (χ0) is 20.7. The van der Waals surface area contributed by atoms with E-state index in [1.54, 1.807) is 18.2 Å². The van der Waals surface area contributed by atoms with E-state index in [9.17, 15) is 28.5 Å². The molecule has 29 heavy (non-hydrogen) atoms. The fourth-order valence-corrected chi connectivity index (χ4v) is 4.18. The number of ketones is 1. The van der Waals surface area contributed by atoms with Gasteiger partial charge in [-0.25, -0.2) is 8.78 Å². The van der Waals surface area contributed by atoms with Gasteiger partial charge in [0.05, 0.1) is 4.92 Å². The Bertz CT molecular complexity index is 1330. The van der Waals surface area contributed by atoms with Crippen molar-refractivity contribution in [2.75, 3.05) is 0 Å². The van der Waals surface area contributed by atoms with Gasteiger partial charge in [-0.05, 0) is 29.5 Å². The van der Waals surface area contributed by atoms with Crippen LogP contribution in [0.4, 0.5) is 13.8 Å². The van der Waals surface area contributed by atoms with Crippen molar-refractivity contribution in [3.05, 3.63) is 104 Å². The fraction of sp³-hybridized carbons (Fsp3) is 0. The summed E-state index contributed by atoms with van der Waals surface area (Å²) in [6, 6.07) is 13.3. The molecule has 0 aliphatic carbocycles. The number of pyridine rings is 1. The minimum absolute atomic E-state index is 0.0674. The van der Waals surface area contributed by atoms with Crippen LogP contribution >= 0.6 is 11.3 Å². The van der Waals surface area contributed by atoms with Crippen LogP contribution in [0.5, 0.6) is 0 Å². The Morgan fingerprint density at radius 3 is 2.24 bits per heavy atom. The zero-order valence-electron chi connectivity index (χ0n) is 14.5. The van der Waals surface area contributed by atoms with Crippen molar-refractivity contribution in [3.8, 4) is 5.69 Å². The second-order valence-electron chi connectivity index (χ2n) is 6.03. The first-order valence-electron chi connectivity index (χ1n) is 8.27. The quantitative estimate of drug-likeness (QED) is 0.281. The number of hydrogen-bond acceptors (Lipinski definition) is 5. The van der Waals surface area contributed by atoms with E-state index in [1.165, 1.54) is 18.2 Å². The van der Waals surface area contributed by atoms with Gasteiger partial charge in [-0.1, -0.05) is 36.4 Å². The monoisotopic (exact) mass is 412 g/mol. The third-order valence-corrected chi connectivity index (χ3v) is 5.46. The summed E-state index contributed by atoms with van der Waals surface area (Å²) < 4.78 is 29.4. The maximum absolute atomic E-state index is 14.3. The van der Waals surface area contributed by atoms with Gasteiger partial charge in [0.1, 0.15) is 27.7 Å². The smallest absolute Gasteiger partial charge is 0.288 e. The normalized spacial score (nSPS) is 11.0. The second kappa shape index (κ2) is 7.02. The van der Waals surface area contributed by atoms with Crippen molar-refractivity contribution in [1.29, 1.82) is 0 Å². The van der Waals surface area contributed by atoms with E-state index in [2.05, 4.69) is 0 Å². The first kappa shape index (κ1) is 18.6. The lowest BCUT2D eigenvalue weighted by molar-refractivity contribution is -0.380. The summed E-state index contributed by atoms with van der Waals surface area (Å²) in [6.07, 6.45) is 0. The predicted molar refractivity (Wildman–Crippen MR) is 104 cm³/mol. The summed E-state index contributed by atoms with van der Waals surface area (Å²) in [6.45, 7) is 0. The number of thiophene rings is 1. The number of rotatable bonds is 4. The number of carbonyl (C=O) groups excluding carboxylic acids is 1. The van der Waals surface area contributed by atoms with E-state index >= 15 is 0 Å². The molecule has 0 saturated heterocycles. The number of nitro groups is 1. The molecule has 0 bridgehead atoms. The summed E-state index contributed by atoms with van der Waals surface area (Å²) in [4.78, 5) is 36.2. The molecule has 0 radical (unpaired) electrons. The van der Waals surface area contributed by atoms with Crippen LogP contribution in [0.3, 0.4) is 0 Å². The van der Waals surface area contributed by atoms with E-state index < -0.39 is 38.6 Å². The number of halogens is 2. The average molecular weight is 412 g/mol. The van der Waals surface area contributed by atoms with E-state index in [1.807, 2.05) is 0 Å². The summed E-state index contributed by atoms with van der Waals surface area (Å²) in [5, 5.41) is 11.2. The molecule has 0 spiro atoms. The highest BCUT2D eigenvalue weighted by Gasteiger charge is 2.30. The molecule has 9 heteroatoms. The lowest BCUT2D eigenvalue weighted by Gasteiger charge is -2.09. The molecule has 0 unspecified atom stereocenters. The van der Waals surface area contributed by atoms with E-state index in [4.69, 9.17) is 0 Å². The van der Waals surface area contributed by atoms with E-state index in [0.29, 0.717) is 11.3 Å². The largest absolute Gasteiger partial charge is 0.337 e. The SMILES string of the molecule is O=C(c1ccccc1)c1c([N+](=O)[O-])sc2c1ccc(=O)n2-c1c(F)cccc1F. The van der Waals surface area contributed by atoms with Crippen LogP contribution in [0, 0.1) is 21.7 Å². The molecule has 0 N–H and O–H groups in total. The van der Waals surface area contributed by atoms with Gasteiger partial charge in [0.2, 0.25) is 5.78 Å². The molecule has 0 fully saturated rings. The van der Waals surface area contributed by atoms with Crippen molar-refractivity contribution in [3.63, 3.8) is 0 Å². The molecule has 0 amide bonds. The van der Waals surface area contributed by atoms with Crippen molar-refractivity contribution in [2.24, 2.45) is 0 Å². The highest BCUT2D eigenvalue weighted by Crippen LogP contribution is 2.39. The van der Waals surface area contributed by atoms with Crippen molar-refractivity contribution < 1.29 is 18.5 Å². The van der Waals surface area contributed by atoms with Gasteiger partial charge in [0, 0.05) is 17.0 Å². The van der Waals surface area contributed by atoms with Gasteiger partial charge in [0.25, 0.3) is 5.56 Å². The Labute approximate surface area is 165 Å². The Balaban J connectivity index is 2.10. The minimum Gasteiger partial charge on any atom is -0.288 e. The lowest BCUT2D eigenvalue weighted by atomic mass is 10.0. The summed E-state index contributed by atoms with van der Waals surface area (Å²) in [5.41, 5.74) is -1.45. The lowest BCUT2D eigenvalue weighted by Crippen LogP contribution is -2.19. The van der Waals surface area contributed by atoms with Crippen LogP contribution < -0.4 is 5.56 Å². The third-order valence-electron chi connectivity index (χ3n) is 4.31. The van der Waals surface area contributed by atoms with E-state index in [-0.39, 0.29) is 21.3 Å². The Hall–Kier alpha value is -3.72. The number of fused-ring (bicyclic) bond motifs is 1. The highest BCUT2D eigenvalue weighted by atomic mass is 32.1. The Kier molecular flexibility index (Phi) is 4.51.